The first-order valence-electron chi connectivity index (χ1n) is 9.64. The van der Waals surface area contributed by atoms with Crippen LogP contribution in [0.5, 0.6) is 5.75 Å². The Morgan fingerprint density at radius 3 is 2.76 bits per heavy atom. The second-order valence-corrected chi connectivity index (χ2v) is 8.39. The molecular formula is C21H22BrN5O2. The van der Waals surface area contributed by atoms with Crippen LogP contribution in [0.25, 0.3) is 21.9 Å². The summed E-state index contributed by atoms with van der Waals surface area (Å²) in [6, 6.07) is 6.26. The largest absolute Gasteiger partial charge is 0.496 e. The molecule has 0 saturated heterocycles. The minimum absolute atomic E-state index is 0.365. The first-order chi connectivity index (χ1) is 14.1. The molecule has 1 fully saturated rings. The third kappa shape index (κ3) is 3.30. The first-order valence-corrected chi connectivity index (χ1v) is 10.4. The molecule has 3 heterocycles. The van der Waals surface area contributed by atoms with Crippen LogP contribution in [0, 0.1) is 0 Å². The molecule has 0 bridgehead atoms. The van der Waals surface area contributed by atoms with Crippen LogP contribution in [0.1, 0.15) is 41.7 Å². The van der Waals surface area contributed by atoms with Crippen molar-refractivity contribution >= 4 is 37.9 Å². The van der Waals surface area contributed by atoms with Gasteiger partial charge in [-0.05, 0) is 47.0 Å². The summed E-state index contributed by atoms with van der Waals surface area (Å²) < 4.78 is 13.7. The monoisotopic (exact) mass is 455 g/mol. The van der Waals surface area contributed by atoms with Gasteiger partial charge in [-0.2, -0.15) is 5.10 Å². The fourth-order valence-electron chi connectivity index (χ4n) is 3.85. The van der Waals surface area contributed by atoms with Crippen LogP contribution in [0.3, 0.4) is 0 Å². The predicted molar refractivity (Wildman–Crippen MR) is 114 cm³/mol. The van der Waals surface area contributed by atoms with E-state index in [4.69, 9.17) is 19.6 Å². The molecule has 150 valence electrons. The Hall–Kier alpha value is -2.45. The van der Waals surface area contributed by atoms with Gasteiger partial charge in [0.1, 0.15) is 18.0 Å². The zero-order valence-electron chi connectivity index (χ0n) is 16.6. The SMILES string of the molecule is COCc1nc(Cc2cc(C3CC3)nn2C)c2c(n1)[nH]c1cc(Br)c(OC)cc12. The molecule has 0 atom stereocenters. The summed E-state index contributed by atoms with van der Waals surface area (Å²) in [5.41, 5.74) is 5.09. The van der Waals surface area contributed by atoms with E-state index in [9.17, 15) is 0 Å². The summed E-state index contributed by atoms with van der Waals surface area (Å²) in [5, 5.41) is 6.77. The van der Waals surface area contributed by atoms with Crippen molar-refractivity contribution in [3.8, 4) is 5.75 Å². The van der Waals surface area contributed by atoms with Crippen molar-refractivity contribution in [3.63, 3.8) is 0 Å². The Bertz CT molecular complexity index is 1230. The maximum absolute atomic E-state index is 5.51. The Morgan fingerprint density at radius 2 is 2.03 bits per heavy atom. The topological polar surface area (TPSA) is 77.9 Å². The number of aromatic nitrogens is 5. The maximum Gasteiger partial charge on any atom is 0.156 e. The molecule has 0 unspecified atom stereocenters. The van der Waals surface area contributed by atoms with Crippen molar-refractivity contribution in [3.05, 3.63) is 45.6 Å². The van der Waals surface area contributed by atoms with Gasteiger partial charge in [0.05, 0.1) is 23.0 Å². The molecule has 0 radical (unpaired) electrons. The van der Waals surface area contributed by atoms with Crippen molar-refractivity contribution in [2.75, 3.05) is 14.2 Å². The van der Waals surface area contributed by atoms with Crippen molar-refractivity contribution in [2.45, 2.75) is 31.8 Å². The molecule has 29 heavy (non-hydrogen) atoms. The van der Waals surface area contributed by atoms with E-state index in [1.807, 2.05) is 23.9 Å². The molecule has 1 saturated carbocycles. The van der Waals surface area contributed by atoms with Crippen molar-refractivity contribution in [1.29, 1.82) is 0 Å². The number of nitrogens with one attached hydrogen (secondary N) is 1. The average molecular weight is 456 g/mol. The van der Waals surface area contributed by atoms with Gasteiger partial charge in [0.15, 0.2) is 5.82 Å². The smallest absolute Gasteiger partial charge is 0.156 e. The van der Waals surface area contributed by atoms with Crippen LogP contribution in [0.15, 0.2) is 22.7 Å². The number of rotatable bonds is 6. The molecule has 1 aromatic carbocycles. The number of H-pyrrole nitrogens is 1. The minimum Gasteiger partial charge on any atom is -0.496 e. The van der Waals surface area contributed by atoms with Gasteiger partial charge in [-0.3, -0.25) is 4.68 Å². The Balaban J connectivity index is 1.69. The highest BCUT2D eigenvalue weighted by Crippen LogP contribution is 2.40. The van der Waals surface area contributed by atoms with Crippen LogP contribution in [-0.2, 0) is 24.8 Å². The van der Waals surface area contributed by atoms with Gasteiger partial charge >= 0.3 is 0 Å². The lowest BCUT2D eigenvalue weighted by Crippen LogP contribution is -2.05. The zero-order chi connectivity index (χ0) is 20.1. The number of benzene rings is 1. The number of ether oxygens (including phenoxy) is 2. The molecule has 1 N–H and O–H groups in total. The summed E-state index contributed by atoms with van der Waals surface area (Å²) in [6.45, 7) is 0.365. The number of aryl methyl sites for hydroxylation is 1. The van der Waals surface area contributed by atoms with Crippen LogP contribution in [0.4, 0.5) is 0 Å². The number of hydrogen-bond donors (Lipinski definition) is 1. The van der Waals surface area contributed by atoms with Gasteiger partial charge in [-0.1, -0.05) is 0 Å². The van der Waals surface area contributed by atoms with E-state index in [0.29, 0.717) is 24.8 Å². The Labute approximate surface area is 176 Å². The van der Waals surface area contributed by atoms with Gasteiger partial charge in [0.25, 0.3) is 0 Å². The third-order valence-electron chi connectivity index (χ3n) is 5.46. The van der Waals surface area contributed by atoms with Crippen molar-refractivity contribution in [2.24, 2.45) is 7.05 Å². The zero-order valence-corrected chi connectivity index (χ0v) is 18.2. The Morgan fingerprint density at radius 1 is 1.21 bits per heavy atom. The van der Waals surface area contributed by atoms with E-state index in [1.165, 1.54) is 18.5 Å². The molecular weight excluding hydrogens is 434 g/mol. The van der Waals surface area contributed by atoms with Gasteiger partial charge < -0.3 is 14.5 Å². The van der Waals surface area contributed by atoms with Gasteiger partial charge in [-0.15, -0.1) is 0 Å². The quantitative estimate of drug-likeness (QED) is 0.470. The fourth-order valence-corrected chi connectivity index (χ4v) is 4.35. The molecule has 5 rings (SSSR count). The molecule has 1 aliphatic carbocycles. The molecule has 0 aliphatic heterocycles. The standard InChI is InChI=1S/C21H22BrN5O2/c1-27-12(6-15(26-27)11-4-5-11)7-17-20-13-8-18(29-3)14(22)9-16(13)24-21(20)25-19(23-17)10-28-2/h6,8-9,11H,4-5,7,10H2,1-3H3,(H,23,24,25). The van der Waals surface area contributed by atoms with E-state index in [0.717, 1.165) is 43.5 Å². The molecule has 0 spiro atoms. The van der Waals surface area contributed by atoms with Gasteiger partial charge in [-0.25, -0.2) is 9.97 Å². The Kier molecular flexibility index (Phi) is 4.55. The van der Waals surface area contributed by atoms with E-state index >= 15 is 0 Å². The second kappa shape index (κ2) is 7.11. The van der Waals surface area contributed by atoms with Crippen molar-refractivity contribution < 1.29 is 9.47 Å². The van der Waals surface area contributed by atoms with Crippen molar-refractivity contribution in [1.82, 2.24) is 24.7 Å². The van der Waals surface area contributed by atoms with E-state index < -0.39 is 0 Å². The normalized spacial score (nSPS) is 14.2. The molecule has 0 amide bonds. The minimum atomic E-state index is 0.365. The van der Waals surface area contributed by atoms with Crippen LogP contribution in [0.2, 0.25) is 0 Å². The number of aromatic amines is 1. The van der Waals surface area contributed by atoms with Gasteiger partial charge in [0.2, 0.25) is 0 Å². The summed E-state index contributed by atoms with van der Waals surface area (Å²) in [5.74, 6) is 2.07. The lowest BCUT2D eigenvalue weighted by molar-refractivity contribution is 0.178. The van der Waals surface area contributed by atoms with Crippen LogP contribution >= 0.6 is 15.9 Å². The number of nitrogens with zero attached hydrogens (tertiary/aromatic N) is 4. The van der Waals surface area contributed by atoms with Gasteiger partial charge in [0, 0.05) is 48.5 Å². The maximum atomic E-state index is 5.51. The summed E-state index contributed by atoms with van der Waals surface area (Å²) in [6.07, 6.45) is 3.16. The fraction of sp³-hybridized carbons (Fsp3) is 0.381. The molecule has 3 aromatic heterocycles. The molecule has 1 aliphatic rings. The molecule has 8 heteroatoms. The van der Waals surface area contributed by atoms with Crippen LogP contribution < -0.4 is 4.74 Å². The number of hydrogen-bond acceptors (Lipinski definition) is 5. The van der Waals surface area contributed by atoms with E-state index in [1.54, 1.807) is 14.2 Å². The highest BCUT2D eigenvalue weighted by Gasteiger charge is 2.27. The second-order valence-electron chi connectivity index (χ2n) is 7.54. The summed E-state index contributed by atoms with van der Waals surface area (Å²) in [7, 11) is 5.33. The van der Waals surface area contributed by atoms with Crippen LogP contribution in [-0.4, -0.2) is 39.0 Å². The van der Waals surface area contributed by atoms with E-state index in [-0.39, 0.29) is 0 Å². The predicted octanol–water partition coefficient (Wildman–Crippen LogP) is 4.23. The highest BCUT2D eigenvalue weighted by atomic mass is 79.9. The average Bonchev–Trinajstić information content (AvgIpc) is 3.39. The first kappa shape index (κ1) is 18.6. The highest BCUT2D eigenvalue weighted by molar-refractivity contribution is 9.10. The number of fused-ring (bicyclic) bond motifs is 3. The molecule has 7 nitrogen and oxygen atoms in total. The lowest BCUT2D eigenvalue weighted by atomic mass is 10.1. The summed E-state index contributed by atoms with van der Waals surface area (Å²) >= 11 is 3.57. The summed E-state index contributed by atoms with van der Waals surface area (Å²) in [4.78, 5) is 13.0. The van der Waals surface area contributed by atoms with E-state index in [2.05, 4.69) is 32.0 Å². The number of halogens is 1. The lowest BCUT2D eigenvalue weighted by Gasteiger charge is -2.07. The third-order valence-corrected chi connectivity index (χ3v) is 6.08. The molecule has 4 aromatic rings. The number of methoxy groups -OCH3 is 2.